The average molecular weight is 820 g/mol. The molecule has 0 radical (unpaired) electrons. The van der Waals surface area contributed by atoms with Crippen molar-refractivity contribution in [2.45, 2.75) is 28.5 Å². The molecule has 288 valence electrons. The molecule has 0 aliphatic carbocycles. The molecular weight excluding hydrogens is 791 g/mol. The van der Waals surface area contributed by atoms with Crippen molar-refractivity contribution >= 4 is 95.6 Å². The Labute approximate surface area is 326 Å². The number of nitrogen functional groups attached to an aromatic ring is 1. The number of nitrogens with zero attached hydrogens (tertiary/aromatic N) is 6. The first-order chi connectivity index (χ1) is 26.9. The lowest BCUT2D eigenvalue weighted by molar-refractivity contribution is -0.432. The third-order valence-electron chi connectivity index (χ3n) is 8.05. The number of hydrogen-bond acceptors (Lipinski definition) is 19. The quantitative estimate of drug-likeness (QED) is 0.0171. The zero-order valence-electron chi connectivity index (χ0n) is 29.2. The summed E-state index contributed by atoms with van der Waals surface area (Å²) in [4.78, 5) is 0.225. The molecule has 6 rings (SSSR count). The number of aryl methyl sites for hydroxylation is 2. The van der Waals surface area contributed by atoms with E-state index in [-0.39, 0.29) is 27.0 Å². The molecule has 18 nitrogen and oxygen atoms in total. The van der Waals surface area contributed by atoms with E-state index < -0.39 is 20.8 Å². The molecular formula is C35H29N7O11S3. The van der Waals surface area contributed by atoms with Gasteiger partial charge in [0, 0.05) is 16.3 Å². The maximum absolute atomic E-state index is 11.8. The monoisotopic (exact) mass is 819 g/mol. The van der Waals surface area contributed by atoms with Crippen LogP contribution >= 0.6 is 24.1 Å². The minimum Gasteiger partial charge on any atom is -0.505 e. The first-order valence-electron chi connectivity index (χ1n) is 15.8. The SMILES string of the molecule is COc1cc(N=Nc2ccc3ccc(SOOO)cc3c2)ccc1N=Nc1cc(C)c(N=Nc2c(SOOO)cc3cc(S(=O)(=O)O)c(N)cc3c2O)cc1C. The van der Waals surface area contributed by atoms with Crippen molar-refractivity contribution < 1.29 is 52.1 Å². The van der Waals surface area contributed by atoms with Crippen LogP contribution in [0.3, 0.4) is 0 Å². The summed E-state index contributed by atoms with van der Waals surface area (Å²) < 4.78 is 47.7. The summed E-state index contributed by atoms with van der Waals surface area (Å²) in [6.45, 7) is 3.57. The molecule has 6 N–H and O–H groups in total. The molecule has 0 spiro atoms. The lowest BCUT2D eigenvalue weighted by Crippen LogP contribution is -2.03. The number of benzene rings is 6. The normalized spacial score (nSPS) is 12.2. The first kappa shape index (κ1) is 40.1. The van der Waals surface area contributed by atoms with Gasteiger partial charge in [0.15, 0.2) is 5.75 Å². The number of anilines is 1. The second-order valence-corrected chi connectivity index (χ2v) is 14.6. The maximum Gasteiger partial charge on any atom is 0.296 e. The van der Waals surface area contributed by atoms with Gasteiger partial charge in [0.2, 0.25) is 0 Å². The number of ether oxygens (including phenoxy) is 1. The molecule has 0 saturated heterocycles. The van der Waals surface area contributed by atoms with Gasteiger partial charge in [0.05, 0.1) is 64.5 Å². The van der Waals surface area contributed by atoms with Crippen molar-refractivity contribution in [1.29, 1.82) is 0 Å². The summed E-state index contributed by atoms with van der Waals surface area (Å²) in [5, 5.41) is 63.8. The lowest BCUT2D eigenvalue weighted by Gasteiger charge is -2.11. The van der Waals surface area contributed by atoms with Gasteiger partial charge in [-0.25, -0.2) is 10.5 Å². The minimum atomic E-state index is -4.67. The zero-order chi connectivity index (χ0) is 40.0. The smallest absolute Gasteiger partial charge is 0.296 e. The third-order valence-corrected chi connectivity index (χ3v) is 10.2. The standard InChI is InChI=1S/C35H29N7O11S3/c1-18-11-30(41-42-34-32(55-53-51-45)14-22-15-33(56(46,47)48)27(36)17-26(22)35(34)43)19(2)10-29(18)40-39-28-9-7-24(16-31(28)49-3)38-37-23-6-4-20-5-8-25(54-52-50-44)13-21(20)12-23/h4-17,43-45H,36H2,1-3H3,(H,46,47,48). The van der Waals surface area contributed by atoms with Crippen molar-refractivity contribution in [2.24, 2.45) is 30.7 Å². The summed E-state index contributed by atoms with van der Waals surface area (Å²) >= 11 is 1.32. The first-order valence-corrected chi connectivity index (χ1v) is 18.8. The van der Waals surface area contributed by atoms with E-state index in [2.05, 4.69) is 49.4 Å². The van der Waals surface area contributed by atoms with Crippen molar-refractivity contribution in [2.75, 3.05) is 12.8 Å². The van der Waals surface area contributed by atoms with E-state index in [4.69, 9.17) is 21.0 Å². The molecule has 0 bridgehead atoms. The van der Waals surface area contributed by atoms with Gasteiger partial charge >= 0.3 is 0 Å². The summed E-state index contributed by atoms with van der Waals surface area (Å²) in [5.74, 6) is -0.0266. The lowest BCUT2D eigenvalue weighted by atomic mass is 10.1. The van der Waals surface area contributed by atoms with Gasteiger partial charge < -0.3 is 15.6 Å². The van der Waals surface area contributed by atoms with E-state index in [9.17, 15) is 18.1 Å². The minimum absolute atomic E-state index is 0.0737. The number of rotatable bonds is 14. The third kappa shape index (κ3) is 9.26. The second-order valence-electron chi connectivity index (χ2n) is 11.7. The van der Waals surface area contributed by atoms with Crippen molar-refractivity contribution in [3.8, 4) is 11.5 Å². The number of hydrogen-bond donors (Lipinski definition) is 5. The molecule has 56 heavy (non-hydrogen) atoms. The Morgan fingerprint density at radius 1 is 0.661 bits per heavy atom. The van der Waals surface area contributed by atoms with Crippen LogP contribution in [0.25, 0.3) is 21.5 Å². The van der Waals surface area contributed by atoms with Crippen molar-refractivity contribution in [1.82, 2.24) is 0 Å². The van der Waals surface area contributed by atoms with E-state index in [0.29, 0.717) is 62.3 Å². The number of aromatic hydroxyl groups is 1. The molecule has 0 atom stereocenters. The van der Waals surface area contributed by atoms with E-state index in [1.807, 2.05) is 36.4 Å². The number of phenolic OH excluding ortho intramolecular Hbond substituents is 1. The Balaban J connectivity index is 1.22. The van der Waals surface area contributed by atoms with Crippen LogP contribution in [0.2, 0.25) is 0 Å². The van der Waals surface area contributed by atoms with Gasteiger partial charge in [-0.05, 0) is 108 Å². The van der Waals surface area contributed by atoms with Crippen molar-refractivity contribution in [3.05, 3.63) is 96.1 Å². The Kier molecular flexibility index (Phi) is 12.5. The zero-order valence-corrected chi connectivity index (χ0v) is 31.7. The molecule has 6 aromatic rings. The van der Waals surface area contributed by atoms with Crippen LogP contribution in [0.4, 0.5) is 39.8 Å². The van der Waals surface area contributed by atoms with E-state index in [1.165, 1.54) is 19.2 Å². The Morgan fingerprint density at radius 3 is 1.96 bits per heavy atom. The van der Waals surface area contributed by atoms with Gasteiger partial charge in [0.1, 0.15) is 22.0 Å². The molecule has 0 heterocycles. The highest BCUT2D eigenvalue weighted by Gasteiger charge is 2.21. The van der Waals surface area contributed by atoms with Crippen LogP contribution in [0, 0.1) is 13.8 Å². The molecule has 0 aliphatic heterocycles. The van der Waals surface area contributed by atoms with E-state index in [0.717, 1.165) is 28.9 Å². The second kappa shape index (κ2) is 17.5. The Hall–Kier alpha value is -5.59. The number of fused-ring (bicyclic) bond motifs is 2. The van der Waals surface area contributed by atoms with Crippen LogP contribution in [0.5, 0.6) is 11.5 Å². The fourth-order valence-electron chi connectivity index (χ4n) is 5.35. The van der Waals surface area contributed by atoms with E-state index >= 15 is 0 Å². The summed E-state index contributed by atoms with van der Waals surface area (Å²) in [5.41, 5.74) is 9.27. The number of methoxy groups -OCH3 is 1. The van der Waals surface area contributed by atoms with Crippen LogP contribution in [-0.2, 0) is 28.9 Å². The van der Waals surface area contributed by atoms with Gasteiger partial charge in [-0.3, -0.25) is 4.55 Å². The molecule has 21 heteroatoms. The molecule has 0 aromatic heterocycles. The fourth-order valence-corrected chi connectivity index (χ4v) is 6.88. The molecule has 6 aromatic carbocycles. The summed E-state index contributed by atoms with van der Waals surface area (Å²) in [6.07, 6.45) is 0. The molecule has 0 saturated carbocycles. The topological polar surface area (TPSA) is 261 Å². The van der Waals surface area contributed by atoms with Crippen LogP contribution in [-0.4, -0.2) is 35.7 Å². The average Bonchev–Trinajstić information content (AvgIpc) is 3.18. The summed E-state index contributed by atoms with van der Waals surface area (Å²) in [7, 11) is -3.17. The highest BCUT2D eigenvalue weighted by Crippen LogP contribution is 2.46. The number of nitrogens with two attached hydrogens (primary N) is 1. The Morgan fingerprint density at radius 2 is 1.29 bits per heavy atom. The molecule has 0 aliphatic rings. The molecule has 0 amide bonds. The fraction of sp³-hybridized carbons (Fsp3) is 0.0857. The number of azo groups is 3. The number of phenols is 1. The predicted octanol–water partition coefficient (Wildman–Crippen LogP) is 11.3. The maximum atomic E-state index is 11.8. The molecule has 0 unspecified atom stereocenters. The largest absolute Gasteiger partial charge is 0.505 e. The van der Waals surface area contributed by atoms with Gasteiger partial charge in [-0.15, -0.1) is 18.9 Å². The van der Waals surface area contributed by atoms with Gasteiger partial charge in [0.25, 0.3) is 10.1 Å². The highest BCUT2D eigenvalue weighted by molar-refractivity contribution is 7.95. The van der Waals surface area contributed by atoms with Crippen molar-refractivity contribution in [3.63, 3.8) is 0 Å². The Bertz CT molecular complexity index is 2660. The van der Waals surface area contributed by atoms with Crippen LogP contribution < -0.4 is 10.5 Å². The van der Waals surface area contributed by atoms with Gasteiger partial charge in [-0.1, -0.05) is 22.2 Å². The van der Waals surface area contributed by atoms with E-state index in [1.54, 1.807) is 44.2 Å². The molecule has 0 fully saturated rings. The van der Waals surface area contributed by atoms with Gasteiger partial charge in [-0.2, -0.15) is 28.9 Å². The predicted molar refractivity (Wildman–Crippen MR) is 207 cm³/mol. The van der Waals surface area contributed by atoms with Crippen LogP contribution in [0.15, 0.2) is 130 Å². The van der Waals surface area contributed by atoms with Crippen LogP contribution in [0.1, 0.15) is 11.1 Å². The highest BCUT2D eigenvalue weighted by atomic mass is 32.2. The summed E-state index contributed by atoms with van der Waals surface area (Å²) in [6, 6.07) is 23.3.